The lowest BCUT2D eigenvalue weighted by Crippen LogP contribution is -2.36. The number of hydrogen-bond acceptors (Lipinski definition) is 3. The summed E-state index contributed by atoms with van der Waals surface area (Å²) < 4.78 is 5.68. The highest BCUT2D eigenvalue weighted by atomic mass is 35.5. The van der Waals surface area contributed by atoms with Crippen LogP contribution in [0, 0.1) is 0 Å². The zero-order chi connectivity index (χ0) is 18.4. The summed E-state index contributed by atoms with van der Waals surface area (Å²) in [5.41, 5.74) is 2.42. The quantitative estimate of drug-likeness (QED) is 0.798. The van der Waals surface area contributed by atoms with Crippen molar-refractivity contribution in [3.05, 3.63) is 64.7 Å². The molecule has 0 bridgehead atoms. The van der Waals surface area contributed by atoms with E-state index in [1.54, 1.807) is 19.1 Å². The predicted molar refractivity (Wildman–Crippen MR) is 104 cm³/mol. The molecule has 1 unspecified atom stereocenters. The van der Waals surface area contributed by atoms with E-state index in [1.807, 2.05) is 18.2 Å². The van der Waals surface area contributed by atoms with Crippen molar-refractivity contribution in [3.8, 4) is 5.75 Å². The van der Waals surface area contributed by atoms with Crippen molar-refractivity contribution in [3.63, 3.8) is 0 Å². The maximum absolute atomic E-state index is 12.4. The van der Waals surface area contributed by atoms with Gasteiger partial charge in [-0.1, -0.05) is 48.0 Å². The van der Waals surface area contributed by atoms with E-state index in [0.717, 1.165) is 25.2 Å². The zero-order valence-electron chi connectivity index (χ0n) is 15.1. The fraction of sp³-hybridized carbons (Fsp3) is 0.381. The van der Waals surface area contributed by atoms with Crippen molar-refractivity contribution in [1.82, 2.24) is 10.2 Å². The average molecular weight is 373 g/mol. The minimum Gasteiger partial charge on any atom is -0.479 e. The summed E-state index contributed by atoms with van der Waals surface area (Å²) in [4.78, 5) is 14.9. The number of nitrogens with zero attached hydrogens (tertiary/aromatic N) is 1. The number of hydrogen-bond donors (Lipinski definition) is 1. The standard InChI is InChI=1S/C21H25ClN2O2/c1-16(26-20-11-5-4-10-19(20)22)21(25)23-14-17-8-2-3-9-18(17)15-24-12-6-7-13-24/h2-5,8-11,16H,6-7,12-15H2,1H3,(H,23,25). The smallest absolute Gasteiger partial charge is 0.261 e. The highest BCUT2D eigenvalue weighted by Gasteiger charge is 2.17. The summed E-state index contributed by atoms with van der Waals surface area (Å²) in [7, 11) is 0. The molecule has 1 atom stereocenters. The van der Waals surface area contributed by atoms with Gasteiger partial charge < -0.3 is 10.1 Å². The Bertz CT molecular complexity index is 744. The summed E-state index contributed by atoms with van der Waals surface area (Å²) in [6.45, 7) is 5.48. The SMILES string of the molecule is CC(Oc1ccccc1Cl)C(=O)NCc1ccccc1CN1CCCC1. The molecular formula is C21H25ClN2O2. The van der Waals surface area contributed by atoms with Crippen molar-refractivity contribution in [2.24, 2.45) is 0 Å². The molecule has 5 heteroatoms. The van der Waals surface area contributed by atoms with Crippen LogP contribution in [0.1, 0.15) is 30.9 Å². The summed E-state index contributed by atoms with van der Waals surface area (Å²) in [6, 6.07) is 15.5. The van der Waals surface area contributed by atoms with Crippen molar-refractivity contribution >= 4 is 17.5 Å². The Kier molecular flexibility index (Phi) is 6.53. The van der Waals surface area contributed by atoms with E-state index in [1.165, 1.54) is 18.4 Å². The monoisotopic (exact) mass is 372 g/mol. The van der Waals surface area contributed by atoms with Crippen LogP contribution in [0.15, 0.2) is 48.5 Å². The molecule has 3 rings (SSSR count). The molecular weight excluding hydrogens is 348 g/mol. The lowest BCUT2D eigenvalue weighted by Gasteiger charge is -2.19. The second-order valence-corrected chi connectivity index (χ2v) is 7.07. The van der Waals surface area contributed by atoms with Crippen molar-refractivity contribution in [2.45, 2.75) is 39.0 Å². The van der Waals surface area contributed by atoms with E-state index in [9.17, 15) is 4.79 Å². The number of likely N-dealkylation sites (tertiary alicyclic amines) is 1. The van der Waals surface area contributed by atoms with Gasteiger partial charge in [0.1, 0.15) is 5.75 Å². The molecule has 1 fully saturated rings. The summed E-state index contributed by atoms with van der Waals surface area (Å²) in [6.07, 6.45) is 1.94. The third kappa shape index (κ3) is 4.99. The van der Waals surface area contributed by atoms with Crippen LogP contribution in [0.2, 0.25) is 5.02 Å². The van der Waals surface area contributed by atoms with Gasteiger partial charge in [0.15, 0.2) is 6.10 Å². The minimum absolute atomic E-state index is 0.152. The largest absolute Gasteiger partial charge is 0.479 e. The molecule has 1 aliphatic rings. The number of amides is 1. The number of benzene rings is 2. The predicted octanol–water partition coefficient (Wildman–Crippen LogP) is 4.02. The van der Waals surface area contributed by atoms with Gasteiger partial charge in [0.25, 0.3) is 5.91 Å². The van der Waals surface area contributed by atoms with Gasteiger partial charge in [-0.2, -0.15) is 0 Å². The fourth-order valence-electron chi connectivity index (χ4n) is 3.18. The molecule has 1 amide bonds. The number of carbonyl (C=O) groups excluding carboxylic acids is 1. The summed E-state index contributed by atoms with van der Waals surface area (Å²) >= 11 is 6.09. The number of carbonyl (C=O) groups is 1. The first-order valence-electron chi connectivity index (χ1n) is 9.11. The first kappa shape index (κ1) is 18.7. The van der Waals surface area contributed by atoms with E-state index < -0.39 is 6.10 Å². The van der Waals surface area contributed by atoms with Crippen LogP contribution in [0.5, 0.6) is 5.75 Å². The lowest BCUT2D eigenvalue weighted by molar-refractivity contribution is -0.127. The molecule has 0 saturated carbocycles. The van der Waals surface area contributed by atoms with Gasteiger partial charge in [-0.25, -0.2) is 0 Å². The first-order chi connectivity index (χ1) is 12.6. The van der Waals surface area contributed by atoms with Gasteiger partial charge in [0, 0.05) is 13.1 Å². The van der Waals surface area contributed by atoms with Crippen LogP contribution in [-0.4, -0.2) is 30.0 Å². The topological polar surface area (TPSA) is 41.6 Å². The molecule has 0 spiro atoms. The molecule has 1 aliphatic heterocycles. The second-order valence-electron chi connectivity index (χ2n) is 6.66. The Balaban J connectivity index is 1.56. The molecule has 1 N–H and O–H groups in total. The van der Waals surface area contributed by atoms with E-state index in [-0.39, 0.29) is 5.91 Å². The van der Waals surface area contributed by atoms with Gasteiger partial charge in [0.2, 0.25) is 0 Å². The Morgan fingerprint density at radius 1 is 1.12 bits per heavy atom. The number of nitrogens with one attached hydrogen (secondary N) is 1. The third-order valence-corrected chi connectivity index (χ3v) is 4.99. The molecule has 138 valence electrons. The molecule has 1 saturated heterocycles. The first-order valence-corrected chi connectivity index (χ1v) is 9.49. The minimum atomic E-state index is -0.611. The van der Waals surface area contributed by atoms with E-state index in [2.05, 4.69) is 28.4 Å². The molecule has 2 aromatic rings. The van der Waals surface area contributed by atoms with Gasteiger partial charge >= 0.3 is 0 Å². The number of ether oxygens (including phenoxy) is 1. The normalized spacial score (nSPS) is 15.6. The zero-order valence-corrected chi connectivity index (χ0v) is 15.8. The van der Waals surface area contributed by atoms with Crippen LogP contribution in [0.4, 0.5) is 0 Å². The fourth-order valence-corrected chi connectivity index (χ4v) is 3.36. The number of para-hydroxylation sites is 1. The van der Waals surface area contributed by atoms with Crippen molar-refractivity contribution in [2.75, 3.05) is 13.1 Å². The highest BCUT2D eigenvalue weighted by molar-refractivity contribution is 6.32. The van der Waals surface area contributed by atoms with Crippen molar-refractivity contribution < 1.29 is 9.53 Å². The molecule has 2 aromatic carbocycles. The second kappa shape index (κ2) is 9.06. The van der Waals surface area contributed by atoms with E-state index in [4.69, 9.17) is 16.3 Å². The number of rotatable bonds is 7. The van der Waals surface area contributed by atoms with Crippen LogP contribution < -0.4 is 10.1 Å². The Labute approximate surface area is 160 Å². The highest BCUT2D eigenvalue weighted by Crippen LogP contribution is 2.24. The van der Waals surface area contributed by atoms with Gasteiger partial charge in [0.05, 0.1) is 5.02 Å². The van der Waals surface area contributed by atoms with Crippen LogP contribution >= 0.6 is 11.6 Å². The van der Waals surface area contributed by atoms with Crippen LogP contribution in [0.3, 0.4) is 0 Å². The Morgan fingerprint density at radius 3 is 2.50 bits per heavy atom. The molecule has 1 heterocycles. The lowest BCUT2D eigenvalue weighted by atomic mass is 10.1. The molecule has 0 radical (unpaired) electrons. The maximum atomic E-state index is 12.4. The van der Waals surface area contributed by atoms with E-state index in [0.29, 0.717) is 17.3 Å². The third-order valence-electron chi connectivity index (χ3n) is 4.67. The molecule has 4 nitrogen and oxygen atoms in total. The molecule has 0 aromatic heterocycles. The van der Waals surface area contributed by atoms with Gasteiger partial charge in [-0.3, -0.25) is 9.69 Å². The van der Waals surface area contributed by atoms with E-state index >= 15 is 0 Å². The van der Waals surface area contributed by atoms with Gasteiger partial charge in [-0.05, 0) is 56.1 Å². The maximum Gasteiger partial charge on any atom is 0.261 e. The van der Waals surface area contributed by atoms with Crippen LogP contribution in [0.25, 0.3) is 0 Å². The summed E-state index contributed by atoms with van der Waals surface area (Å²) in [5, 5.41) is 3.48. The van der Waals surface area contributed by atoms with Gasteiger partial charge in [-0.15, -0.1) is 0 Å². The van der Waals surface area contributed by atoms with Crippen LogP contribution in [-0.2, 0) is 17.9 Å². The Morgan fingerprint density at radius 2 is 1.77 bits per heavy atom. The molecule has 0 aliphatic carbocycles. The number of halogens is 1. The summed E-state index contributed by atoms with van der Waals surface area (Å²) in [5.74, 6) is 0.368. The Hall–Kier alpha value is -2.04. The average Bonchev–Trinajstić information content (AvgIpc) is 3.15. The van der Waals surface area contributed by atoms with Crippen molar-refractivity contribution in [1.29, 1.82) is 0 Å². The molecule has 26 heavy (non-hydrogen) atoms.